The average molecular weight is 369 g/mol. The van der Waals surface area contributed by atoms with Crippen LogP contribution in [-0.4, -0.2) is 41.0 Å². The fourth-order valence-electron chi connectivity index (χ4n) is 3.26. The van der Waals surface area contributed by atoms with Crippen LogP contribution in [-0.2, 0) is 11.2 Å². The normalized spacial score (nSPS) is 15.3. The van der Waals surface area contributed by atoms with Gasteiger partial charge in [-0.25, -0.2) is 0 Å². The van der Waals surface area contributed by atoms with Crippen LogP contribution in [0.15, 0.2) is 46.3 Å². The van der Waals surface area contributed by atoms with Gasteiger partial charge in [-0.1, -0.05) is 23.4 Å². The molecule has 0 spiro atoms. The molecule has 3 aromatic rings. The third-order valence-electron chi connectivity index (χ3n) is 4.70. The Balaban J connectivity index is 1.31. The summed E-state index contributed by atoms with van der Waals surface area (Å²) in [5, 5.41) is 9.87. The number of thiophene rings is 1. The monoisotopic (exact) mass is 369 g/mol. The number of carbonyl (C=O) groups excluding carboxylic acids is 2. The average Bonchev–Trinajstić information content (AvgIpc) is 3.33. The van der Waals surface area contributed by atoms with Gasteiger partial charge in [0, 0.05) is 24.5 Å². The minimum atomic E-state index is -0.0288. The molecule has 1 N–H and O–H groups in total. The Kier molecular flexibility index (Phi) is 4.71. The molecule has 0 bridgehead atoms. The molecule has 3 heterocycles. The summed E-state index contributed by atoms with van der Waals surface area (Å²) < 4.78 is 5.27. The summed E-state index contributed by atoms with van der Waals surface area (Å²) >= 11 is 1.44. The van der Waals surface area contributed by atoms with Crippen molar-refractivity contribution in [1.29, 1.82) is 0 Å². The summed E-state index contributed by atoms with van der Waals surface area (Å²) in [7, 11) is 0. The summed E-state index contributed by atoms with van der Waals surface area (Å²) in [6.07, 6.45) is 1.77. The van der Waals surface area contributed by atoms with E-state index in [1.807, 2.05) is 46.7 Å². The zero-order valence-electron chi connectivity index (χ0n) is 14.2. The molecular formula is C19H19N3O3S. The zero-order chi connectivity index (χ0) is 17.9. The molecule has 26 heavy (non-hydrogen) atoms. The number of nitrogens with one attached hydrogen (secondary N) is 1. The van der Waals surface area contributed by atoms with E-state index in [1.54, 1.807) is 0 Å². The lowest BCUT2D eigenvalue weighted by Gasteiger charge is -2.32. The van der Waals surface area contributed by atoms with Crippen molar-refractivity contribution < 1.29 is 14.1 Å². The Morgan fingerprint density at radius 1 is 1.19 bits per heavy atom. The standard InChI is InChI=1S/C19H19N3O3S/c23-18(12-15-14-4-1-2-5-16(14)25-21-15)22-9-7-13(8-10-22)20-19(24)17-6-3-11-26-17/h1-6,11,13H,7-10,12H2,(H,20,24). The summed E-state index contributed by atoms with van der Waals surface area (Å²) in [5.41, 5.74) is 1.38. The molecule has 7 heteroatoms. The molecule has 1 aliphatic heterocycles. The van der Waals surface area contributed by atoms with E-state index in [1.165, 1.54) is 11.3 Å². The van der Waals surface area contributed by atoms with Crippen LogP contribution in [0.1, 0.15) is 28.2 Å². The molecule has 0 radical (unpaired) electrons. The Morgan fingerprint density at radius 3 is 2.77 bits per heavy atom. The van der Waals surface area contributed by atoms with Gasteiger partial charge >= 0.3 is 0 Å². The first-order valence-electron chi connectivity index (χ1n) is 8.66. The van der Waals surface area contributed by atoms with Crippen molar-refractivity contribution in [3.05, 3.63) is 52.3 Å². The van der Waals surface area contributed by atoms with E-state index in [2.05, 4.69) is 10.5 Å². The van der Waals surface area contributed by atoms with Crippen molar-refractivity contribution in [2.45, 2.75) is 25.3 Å². The largest absolute Gasteiger partial charge is 0.356 e. The second-order valence-electron chi connectivity index (χ2n) is 6.41. The van der Waals surface area contributed by atoms with Crippen LogP contribution in [0.4, 0.5) is 0 Å². The van der Waals surface area contributed by atoms with Gasteiger partial charge in [0.1, 0.15) is 5.69 Å². The van der Waals surface area contributed by atoms with Crippen molar-refractivity contribution in [2.24, 2.45) is 0 Å². The van der Waals surface area contributed by atoms with Crippen LogP contribution >= 0.6 is 11.3 Å². The van der Waals surface area contributed by atoms with Gasteiger partial charge < -0.3 is 14.7 Å². The van der Waals surface area contributed by atoms with E-state index in [9.17, 15) is 9.59 Å². The molecule has 0 aliphatic carbocycles. The predicted octanol–water partition coefficient (Wildman–Crippen LogP) is 2.85. The summed E-state index contributed by atoms with van der Waals surface area (Å²) in [5.74, 6) is 0.0194. The first-order valence-corrected chi connectivity index (χ1v) is 9.54. The first-order chi connectivity index (χ1) is 12.7. The molecule has 134 valence electrons. The van der Waals surface area contributed by atoms with Crippen LogP contribution in [0.2, 0.25) is 0 Å². The van der Waals surface area contributed by atoms with Crippen molar-refractivity contribution in [3.63, 3.8) is 0 Å². The Hall–Kier alpha value is -2.67. The number of carbonyl (C=O) groups is 2. The van der Waals surface area contributed by atoms with E-state index in [0.717, 1.165) is 23.1 Å². The minimum absolute atomic E-state index is 0.0288. The summed E-state index contributed by atoms with van der Waals surface area (Å²) in [6, 6.07) is 11.4. The maximum Gasteiger partial charge on any atom is 0.261 e. The number of para-hydroxylation sites is 1. The van der Waals surface area contributed by atoms with Gasteiger partial charge in [0.25, 0.3) is 5.91 Å². The van der Waals surface area contributed by atoms with Crippen LogP contribution in [0.5, 0.6) is 0 Å². The predicted molar refractivity (Wildman–Crippen MR) is 99.1 cm³/mol. The molecule has 0 atom stereocenters. The summed E-state index contributed by atoms with van der Waals surface area (Å²) in [4.78, 5) is 27.3. The molecule has 2 amide bonds. The molecule has 2 aromatic heterocycles. The maximum absolute atomic E-state index is 12.6. The number of amides is 2. The number of hydrogen-bond donors (Lipinski definition) is 1. The number of piperidine rings is 1. The quantitative estimate of drug-likeness (QED) is 0.767. The summed E-state index contributed by atoms with van der Waals surface area (Å²) in [6.45, 7) is 1.29. The molecule has 1 aliphatic rings. The highest BCUT2D eigenvalue weighted by Gasteiger charge is 2.25. The topological polar surface area (TPSA) is 75.4 Å². The molecule has 0 saturated carbocycles. The molecule has 1 saturated heterocycles. The van der Waals surface area contributed by atoms with Crippen molar-refractivity contribution >= 4 is 34.1 Å². The zero-order valence-corrected chi connectivity index (χ0v) is 15.0. The van der Waals surface area contributed by atoms with E-state index in [0.29, 0.717) is 24.4 Å². The lowest BCUT2D eigenvalue weighted by Crippen LogP contribution is -2.46. The Bertz CT molecular complexity index is 911. The third kappa shape index (κ3) is 3.48. The van der Waals surface area contributed by atoms with Gasteiger partial charge in [0.2, 0.25) is 5.91 Å². The smallest absolute Gasteiger partial charge is 0.261 e. The maximum atomic E-state index is 12.6. The number of benzene rings is 1. The molecule has 0 unspecified atom stereocenters. The lowest BCUT2D eigenvalue weighted by molar-refractivity contribution is -0.131. The molecular weight excluding hydrogens is 350 g/mol. The number of hydrogen-bond acceptors (Lipinski definition) is 5. The van der Waals surface area contributed by atoms with E-state index in [4.69, 9.17) is 4.52 Å². The molecule has 4 rings (SSSR count). The Morgan fingerprint density at radius 2 is 2.00 bits per heavy atom. The van der Waals surface area contributed by atoms with E-state index in [-0.39, 0.29) is 24.3 Å². The van der Waals surface area contributed by atoms with Crippen molar-refractivity contribution in [2.75, 3.05) is 13.1 Å². The highest BCUT2D eigenvalue weighted by Crippen LogP contribution is 2.20. The van der Waals surface area contributed by atoms with Crippen LogP contribution in [0, 0.1) is 0 Å². The number of fused-ring (bicyclic) bond motifs is 1. The first kappa shape index (κ1) is 16.8. The number of rotatable bonds is 4. The van der Waals surface area contributed by atoms with Crippen LogP contribution in [0.25, 0.3) is 11.0 Å². The number of nitrogens with zero attached hydrogens (tertiary/aromatic N) is 2. The van der Waals surface area contributed by atoms with E-state index < -0.39 is 0 Å². The highest BCUT2D eigenvalue weighted by atomic mass is 32.1. The molecule has 1 fully saturated rings. The van der Waals surface area contributed by atoms with E-state index >= 15 is 0 Å². The van der Waals surface area contributed by atoms with Gasteiger partial charge in [-0.05, 0) is 36.4 Å². The fourth-order valence-corrected chi connectivity index (χ4v) is 3.88. The SMILES string of the molecule is O=C(NC1CCN(C(=O)Cc2noc3ccccc23)CC1)c1cccs1. The second kappa shape index (κ2) is 7.29. The van der Waals surface area contributed by atoms with Gasteiger partial charge in [0.05, 0.1) is 11.3 Å². The van der Waals surface area contributed by atoms with Crippen molar-refractivity contribution in [1.82, 2.24) is 15.4 Å². The molecule has 1 aromatic carbocycles. The van der Waals surface area contributed by atoms with Gasteiger partial charge in [-0.2, -0.15) is 0 Å². The highest BCUT2D eigenvalue weighted by molar-refractivity contribution is 7.12. The van der Waals surface area contributed by atoms with Crippen LogP contribution in [0.3, 0.4) is 0 Å². The van der Waals surface area contributed by atoms with Gasteiger partial charge in [-0.3, -0.25) is 9.59 Å². The molecule has 6 nitrogen and oxygen atoms in total. The third-order valence-corrected chi connectivity index (χ3v) is 5.57. The fraction of sp³-hybridized carbons (Fsp3) is 0.316. The van der Waals surface area contributed by atoms with Crippen molar-refractivity contribution in [3.8, 4) is 0 Å². The minimum Gasteiger partial charge on any atom is -0.356 e. The van der Waals surface area contributed by atoms with Gasteiger partial charge in [-0.15, -0.1) is 11.3 Å². The second-order valence-corrected chi connectivity index (χ2v) is 7.36. The van der Waals surface area contributed by atoms with Gasteiger partial charge in [0.15, 0.2) is 5.58 Å². The number of likely N-dealkylation sites (tertiary alicyclic amines) is 1. The number of aromatic nitrogens is 1. The lowest BCUT2D eigenvalue weighted by atomic mass is 10.0. The van der Waals surface area contributed by atoms with Crippen LogP contribution < -0.4 is 5.32 Å². The Labute approximate surface area is 154 Å².